The van der Waals surface area contributed by atoms with Crippen LogP contribution in [0.5, 0.6) is 5.75 Å². The number of halogens is 3. The zero-order chi connectivity index (χ0) is 24.5. The third kappa shape index (κ3) is 6.85. The summed E-state index contributed by atoms with van der Waals surface area (Å²) in [6, 6.07) is 4.66. The van der Waals surface area contributed by atoms with Gasteiger partial charge in [-0.05, 0) is 0 Å². The Balaban J connectivity index is 2.59. The van der Waals surface area contributed by atoms with Gasteiger partial charge in [-0.25, -0.2) is 0 Å². The van der Waals surface area contributed by atoms with Crippen LogP contribution in [0, 0.1) is 0 Å². The first-order chi connectivity index (χ1) is 15.7. The Hall–Kier alpha value is -1.32. The maximum atomic E-state index is 13.8. The Morgan fingerprint density at radius 1 is 0.970 bits per heavy atom. The topological polar surface area (TPSA) is 60.2 Å². The van der Waals surface area contributed by atoms with Gasteiger partial charge < -0.3 is 0 Å². The second kappa shape index (κ2) is 12.4. The van der Waals surface area contributed by atoms with Crippen LogP contribution in [0.3, 0.4) is 0 Å². The summed E-state index contributed by atoms with van der Waals surface area (Å²) in [6.07, 6.45) is 1.66. The minimum atomic E-state index is -4.58. The van der Waals surface area contributed by atoms with Gasteiger partial charge in [0.25, 0.3) is 0 Å². The summed E-state index contributed by atoms with van der Waals surface area (Å²) in [7, 11) is 0. The summed E-state index contributed by atoms with van der Waals surface area (Å²) >= 11 is -3.21. The molecule has 0 saturated carbocycles. The van der Waals surface area contributed by atoms with E-state index >= 15 is 0 Å². The van der Waals surface area contributed by atoms with Crippen molar-refractivity contribution in [1.82, 2.24) is 0 Å². The van der Waals surface area contributed by atoms with Crippen molar-refractivity contribution < 1.29 is 27.4 Å². The molecule has 0 aliphatic carbocycles. The first kappa shape index (κ1) is 27.9. The molecule has 0 fully saturated rings. The Labute approximate surface area is 199 Å². The molecular formula is C24H37F3N2O3Sn. The summed E-state index contributed by atoms with van der Waals surface area (Å²) in [6.45, 7) is 8.15. The molecule has 0 atom stereocenters. The van der Waals surface area contributed by atoms with Crippen LogP contribution in [-0.4, -0.2) is 43.7 Å². The van der Waals surface area contributed by atoms with Gasteiger partial charge in [0.2, 0.25) is 0 Å². The molecule has 33 heavy (non-hydrogen) atoms. The molecule has 0 saturated heterocycles. The van der Waals surface area contributed by atoms with Crippen LogP contribution < -0.4 is 8.32 Å². The molecule has 0 bridgehead atoms. The molecule has 0 amide bonds. The number of carbonyl (C=O) groups excluding carboxylic acids is 1. The van der Waals surface area contributed by atoms with Crippen molar-refractivity contribution in [3.05, 3.63) is 23.8 Å². The van der Waals surface area contributed by atoms with Gasteiger partial charge in [-0.15, -0.1) is 0 Å². The van der Waals surface area contributed by atoms with Crippen molar-refractivity contribution in [2.24, 2.45) is 10.2 Å². The molecule has 0 aromatic heterocycles. The van der Waals surface area contributed by atoms with E-state index < -0.39 is 36.2 Å². The number of hydrogen-bond donors (Lipinski definition) is 0. The van der Waals surface area contributed by atoms with Crippen molar-refractivity contribution in [1.29, 1.82) is 0 Å². The zero-order valence-corrected chi connectivity index (χ0v) is 23.1. The number of nitrogens with zero attached hydrogens (tertiary/aromatic N) is 2. The molecule has 0 radical (unpaired) electrons. The van der Waals surface area contributed by atoms with Crippen molar-refractivity contribution >= 4 is 27.9 Å². The second-order valence-electron chi connectivity index (χ2n) is 8.77. The van der Waals surface area contributed by atoms with Gasteiger partial charge >= 0.3 is 200 Å². The minimum absolute atomic E-state index is 0.0547. The molecule has 1 aromatic rings. The Morgan fingerprint density at radius 2 is 1.52 bits per heavy atom. The summed E-state index contributed by atoms with van der Waals surface area (Å²) in [5.41, 5.74) is -2.40. The molecule has 1 aliphatic rings. The van der Waals surface area contributed by atoms with E-state index in [1.165, 1.54) is 6.07 Å². The van der Waals surface area contributed by atoms with Gasteiger partial charge in [-0.2, -0.15) is 0 Å². The van der Waals surface area contributed by atoms with Crippen LogP contribution in [0.4, 0.5) is 13.2 Å². The molecule has 0 N–H and O–H groups in total. The first-order valence-corrected chi connectivity index (χ1v) is 19.6. The van der Waals surface area contributed by atoms with E-state index in [0.29, 0.717) is 5.75 Å². The SMILES string of the molecule is CCC[CH2][Sn]([CH2]CCC)([CH2]CCC)[c]1cc(C2(C(F)(F)F)N=N2)ccc1OCC(=O)OCC. The number of alkyl halides is 3. The molecule has 1 aliphatic heterocycles. The van der Waals surface area contributed by atoms with Gasteiger partial charge in [0.05, 0.1) is 0 Å². The number of benzene rings is 1. The monoisotopic (exact) mass is 578 g/mol. The van der Waals surface area contributed by atoms with Gasteiger partial charge in [0.1, 0.15) is 0 Å². The van der Waals surface area contributed by atoms with Gasteiger partial charge in [0.15, 0.2) is 0 Å². The molecule has 186 valence electrons. The maximum absolute atomic E-state index is 13.8. The molecular weight excluding hydrogens is 540 g/mol. The van der Waals surface area contributed by atoms with Crippen molar-refractivity contribution in [2.45, 2.75) is 91.4 Å². The van der Waals surface area contributed by atoms with E-state index in [2.05, 4.69) is 31.0 Å². The first-order valence-electron chi connectivity index (χ1n) is 12.1. The van der Waals surface area contributed by atoms with Crippen molar-refractivity contribution in [3.8, 4) is 5.75 Å². The van der Waals surface area contributed by atoms with E-state index in [9.17, 15) is 18.0 Å². The zero-order valence-electron chi connectivity index (χ0n) is 20.3. The normalized spacial score (nSPS) is 14.9. The van der Waals surface area contributed by atoms with Crippen molar-refractivity contribution in [3.63, 3.8) is 0 Å². The average Bonchev–Trinajstić information content (AvgIpc) is 3.60. The molecule has 1 heterocycles. The molecule has 2 rings (SSSR count). The second-order valence-corrected chi connectivity index (χ2v) is 21.9. The van der Waals surface area contributed by atoms with E-state index in [0.717, 1.165) is 55.4 Å². The van der Waals surface area contributed by atoms with Gasteiger partial charge in [0, 0.05) is 0 Å². The number of unbranched alkanes of at least 4 members (excludes halogenated alkanes) is 3. The molecule has 9 heteroatoms. The number of ether oxygens (including phenoxy) is 2. The molecule has 0 unspecified atom stereocenters. The van der Waals surface area contributed by atoms with Crippen LogP contribution >= 0.6 is 0 Å². The number of hydrogen-bond acceptors (Lipinski definition) is 5. The molecule has 5 nitrogen and oxygen atoms in total. The van der Waals surface area contributed by atoms with Crippen LogP contribution in [0.1, 0.15) is 71.8 Å². The van der Waals surface area contributed by atoms with Crippen LogP contribution in [0.25, 0.3) is 0 Å². The number of esters is 1. The van der Waals surface area contributed by atoms with Crippen LogP contribution in [0.2, 0.25) is 13.3 Å². The van der Waals surface area contributed by atoms with E-state index in [-0.39, 0.29) is 18.8 Å². The standard InChI is InChI=1S/C12H10F3N2O3.3C4H9.Sn/c1-2-19-10(18)7-20-9-5-3-8(4-6-9)11(16-17-11)12(13,14)15;3*1-3-4-2;/h3-5H,2,7H2,1H3;3*1,3-4H2,2H3;. The van der Waals surface area contributed by atoms with E-state index in [1.807, 2.05) is 0 Å². The summed E-state index contributed by atoms with van der Waals surface area (Å²) < 4.78 is 56.4. The Kier molecular flexibility index (Phi) is 10.5. The van der Waals surface area contributed by atoms with Crippen LogP contribution in [0.15, 0.2) is 28.4 Å². The fraction of sp³-hybridized carbons (Fsp3) is 0.708. The fourth-order valence-corrected chi connectivity index (χ4v) is 20.9. The summed E-state index contributed by atoms with van der Waals surface area (Å²) in [4.78, 5) is 12.0. The predicted octanol–water partition coefficient (Wildman–Crippen LogP) is 6.87. The van der Waals surface area contributed by atoms with Crippen LogP contribution in [-0.2, 0) is 15.2 Å². The van der Waals surface area contributed by atoms with Gasteiger partial charge in [-0.3, -0.25) is 0 Å². The third-order valence-electron chi connectivity index (χ3n) is 6.33. The quantitative estimate of drug-likeness (QED) is 0.169. The summed E-state index contributed by atoms with van der Waals surface area (Å²) in [5, 5.41) is 6.84. The Morgan fingerprint density at radius 3 is 1.94 bits per heavy atom. The van der Waals surface area contributed by atoms with E-state index in [1.54, 1.807) is 19.1 Å². The van der Waals surface area contributed by atoms with Gasteiger partial charge in [-0.1, -0.05) is 0 Å². The van der Waals surface area contributed by atoms with E-state index in [4.69, 9.17) is 9.47 Å². The molecule has 0 spiro atoms. The Bertz CT molecular complexity index is 787. The number of carbonyl (C=O) groups is 1. The molecule has 1 aromatic carbocycles. The fourth-order valence-electron chi connectivity index (χ4n) is 4.39. The average molecular weight is 577 g/mol. The van der Waals surface area contributed by atoms with Crippen molar-refractivity contribution in [2.75, 3.05) is 13.2 Å². The third-order valence-corrected chi connectivity index (χ3v) is 21.9. The number of rotatable bonds is 15. The predicted molar refractivity (Wildman–Crippen MR) is 126 cm³/mol. The summed E-state index contributed by atoms with van der Waals surface area (Å²) in [5.74, 6) is 0.0480.